The highest BCUT2D eigenvalue weighted by atomic mass is 33.1. The van der Waals surface area contributed by atoms with Gasteiger partial charge in [-0.05, 0) is 114 Å². The number of carbonyl (C=O) groups is 5. The molecular formula is C52H77F2N3O13S2. The molecule has 1 aliphatic heterocycles. The van der Waals surface area contributed by atoms with Gasteiger partial charge in [0.15, 0.2) is 29.9 Å². The Hall–Kier alpha value is -3.11. The Labute approximate surface area is 430 Å². The average Bonchev–Trinajstić information content (AvgIpc) is 3.70. The first-order chi connectivity index (χ1) is 34.4. The number of Topliss-reactive ketones (excluding diaryl/α,β-unsaturated/α-hetero) is 1. The zero-order valence-electron chi connectivity index (χ0n) is 42.6. The van der Waals surface area contributed by atoms with Crippen molar-refractivity contribution >= 4 is 51.2 Å². The lowest BCUT2D eigenvalue weighted by atomic mass is 9.44. The lowest BCUT2D eigenvalue weighted by molar-refractivity contribution is -0.234. The molecule has 0 spiro atoms. The Kier molecular flexibility index (Phi) is 19.4. The zero-order valence-corrected chi connectivity index (χ0v) is 44.2. The number of hydrogen-bond donors (Lipinski definition) is 4. The number of ketones is 2. The van der Waals surface area contributed by atoms with E-state index in [9.17, 15) is 29.1 Å². The van der Waals surface area contributed by atoms with E-state index >= 15 is 8.78 Å². The molecule has 16 nitrogen and oxygen atoms in total. The molecule has 0 radical (unpaired) electrons. The van der Waals surface area contributed by atoms with Gasteiger partial charge in [-0.15, -0.1) is 0 Å². The molecule has 4 N–H and O–H groups in total. The van der Waals surface area contributed by atoms with Gasteiger partial charge in [-0.2, -0.15) is 0 Å². The van der Waals surface area contributed by atoms with Crippen LogP contribution in [0.15, 0.2) is 36.0 Å². The van der Waals surface area contributed by atoms with Gasteiger partial charge in [0.1, 0.15) is 6.17 Å². The van der Waals surface area contributed by atoms with Crippen molar-refractivity contribution in [3.05, 3.63) is 36.0 Å². The highest BCUT2D eigenvalue weighted by Crippen LogP contribution is 2.72. The first kappa shape index (κ1) is 56.6. The zero-order chi connectivity index (χ0) is 51.7. The fourth-order valence-electron chi connectivity index (χ4n) is 12.7. The Balaban J connectivity index is 0.727. The van der Waals surface area contributed by atoms with Crippen molar-refractivity contribution in [2.24, 2.45) is 40.4 Å². The molecule has 6 aliphatic carbocycles. The van der Waals surface area contributed by atoms with Crippen molar-refractivity contribution in [1.82, 2.24) is 16.0 Å². The predicted octanol–water partition coefficient (Wildman–Crippen LogP) is 6.93. The number of carbonyl (C=O) groups excluding carboxylic acids is 5. The maximum Gasteiger partial charge on any atom is 0.407 e. The van der Waals surface area contributed by atoms with Gasteiger partial charge in [0.25, 0.3) is 0 Å². The molecule has 1 heterocycles. The van der Waals surface area contributed by atoms with Gasteiger partial charge in [0.2, 0.25) is 11.7 Å². The van der Waals surface area contributed by atoms with Crippen LogP contribution < -0.4 is 16.0 Å². The van der Waals surface area contributed by atoms with Crippen molar-refractivity contribution in [1.29, 1.82) is 0 Å². The van der Waals surface area contributed by atoms with Crippen LogP contribution in [0.25, 0.3) is 0 Å². The summed E-state index contributed by atoms with van der Waals surface area (Å²) in [4.78, 5) is 64.3. The first-order valence-electron chi connectivity index (χ1n) is 26.0. The van der Waals surface area contributed by atoms with Gasteiger partial charge in [0, 0.05) is 53.3 Å². The molecule has 7 rings (SSSR count). The molecule has 0 bridgehead atoms. The molecular weight excluding hydrogens is 977 g/mol. The van der Waals surface area contributed by atoms with E-state index in [-0.39, 0.29) is 43.7 Å². The average molecular weight is 1050 g/mol. The third kappa shape index (κ3) is 12.4. The summed E-state index contributed by atoms with van der Waals surface area (Å²) >= 11 is 0. The number of hydrogen-bond acceptors (Lipinski definition) is 15. The maximum atomic E-state index is 17.8. The fourth-order valence-corrected chi connectivity index (χ4v) is 15.2. The van der Waals surface area contributed by atoms with E-state index in [1.54, 1.807) is 6.92 Å². The summed E-state index contributed by atoms with van der Waals surface area (Å²) in [5.41, 5.74) is -6.78. The number of alkyl halides is 2. The minimum absolute atomic E-state index is 0.0161. The number of amides is 3. The van der Waals surface area contributed by atoms with Crippen molar-refractivity contribution in [3.8, 4) is 0 Å². The third-order valence-corrected chi connectivity index (χ3v) is 19.6. The van der Waals surface area contributed by atoms with Crippen LogP contribution in [0.1, 0.15) is 98.8 Å². The number of halogens is 2. The van der Waals surface area contributed by atoms with E-state index in [0.29, 0.717) is 95.7 Å². The largest absolute Gasteiger partial charge is 0.449 e. The van der Waals surface area contributed by atoms with Gasteiger partial charge >= 0.3 is 12.2 Å². The summed E-state index contributed by atoms with van der Waals surface area (Å²) in [6.07, 6.45) is 7.91. The number of ether oxygens (including phenoxy) is 7. The van der Waals surface area contributed by atoms with E-state index in [0.717, 1.165) is 18.9 Å². The van der Waals surface area contributed by atoms with E-state index in [2.05, 4.69) is 28.1 Å². The minimum atomic E-state index is -2.33. The summed E-state index contributed by atoms with van der Waals surface area (Å²) in [6, 6.07) is 0. The van der Waals surface area contributed by atoms with Crippen LogP contribution >= 0.6 is 21.6 Å². The molecule has 72 heavy (non-hydrogen) atoms. The Bertz CT molecular complexity index is 2020. The molecule has 7 aliphatic rings. The molecule has 404 valence electrons. The number of allylic oxidation sites excluding steroid dienone is 6. The number of rotatable bonds is 26. The second-order valence-electron chi connectivity index (χ2n) is 21.4. The quantitative estimate of drug-likeness (QED) is 0.0394. The number of alkyl carbamates (subject to hydrolysis) is 2. The Morgan fingerprint density at radius 1 is 0.889 bits per heavy atom. The lowest BCUT2D eigenvalue weighted by Gasteiger charge is -2.63. The van der Waals surface area contributed by atoms with Crippen LogP contribution in [0.5, 0.6) is 0 Å². The molecule has 1 saturated heterocycles. The van der Waals surface area contributed by atoms with Crippen LogP contribution in [-0.4, -0.2) is 154 Å². The summed E-state index contributed by atoms with van der Waals surface area (Å²) < 4.78 is 73.7. The third-order valence-electron chi connectivity index (χ3n) is 16.3. The van der Waals surface area contributed by atoms with E-state index in [4.69, 9.17) is 33.2 Å². The minimum Gasteiger partial charge on any atom is -0.449 e. The summed E-state index contributed by atoms with van der Waals surface area (Å²) in [7, 11) is 2.98. The van der Waals surface area contributed by atoms with Gasteiger partial charge in [-0.3, -0.25) is 14.4 Å². The maximum absolute atomic E-state index is 17.8. The number of aliphatic hydroxyl groups is 1. The van der Waals surface area contributed by atoms with Gasteiger partial charge in [-0.25, -0.2) is 18.4 Å². The predicted molar refractivity (Wildman–Crippen MR) is 267 cm³/mol. The highest BCUT2D eigenvalue weighted by molar-refractivity contribution is 8.77. The number of aliphatic hydroxyl groups excluding tert-OH is 1. The van der Waals surface area contributed by atoms with Crippen molar-refractivity contribution in [2.75, 3.05) is 78.2 Å². The van der Waals surface area contributed by atoms with Crippen molar-refractivity contribution < 1.29 is 71.0 Å². The Morgan fingerprint density at radius 2 is 1.53 bits per heavy atom. The summed E-state index contributed by atoms with van der Waals surface area (Å²) in [6.45, 7) is 12.1. The second kappa shape index (κ2) is 24.7. The second-order valence-corrected chi connectivity index (χ2v) is 24.5. The molecule has 0 aromatic rings. The van der Waals surface area contributed by atoms with Crippen molar-refractivity contribution in [2.45, 2.75) is 140 Å². The molecule has 0 aromatic heterocycles. The lowest BCUT2D eigenvalue weighted by Crippen LogP contribution is -2.71. The van der Waals surface area contributed by atoms with Gasteiger partial charge in [-0.1, -0.05) is 60.1 Å². The monoisotopic (exact) mass is 1050 g/mol. The molecule has 2 unspecified atom stereocenters. The van der Waals surface area contributed by atoms with Crippen LogP contribution in [0.3, 0.4) is 0 Å². The van der Waals surface area contributed by atoms with Crippen LogP contribution in [-0.2, 0) is 47.5 Å². The van der Waals surface area contributed by atoms with Crippen LogP contribution in [0.4, 0.5) is 18.4 Å². The highest BCUT2D eigenvalue weighted by Gasteiger charge is 2.80. The standard InChI is InChI=1S/C52H77F2N3O13S2/c1-6-11-45-69-43-28-37-38-27-40(53)39-26-33(58)14-15-49(39,4)51(38,54)41(59)29-50(37,5)52(43,70-45)42(60)32-68-47(63)57-18-25-71-72-48(2,3)30-44(61)55-16-19-64-21-23-66-24-22-65-20-17-56-46(62)67-31-36-34-12-9-7-8-10-13-35(34)36/h7-8,14-15,26,34-38,40-41,43,45,59H,6,9-13,16-25,27-32H2,1-5H3,(H,55,61)(H,56,62)(H,57,63)/b8-7-/t34-,35+,36-,37?,38-,40-,41-,43+,45?,49-,50-,51-,52+/m0/s1. The molecule has 13 atom stereocenters. The fraction of sp³-hybridized carbons (Fsp3) is 0.788. The number of fused-ring (bicyclic) bond motifs is 8. The van der Waals surface area contributed by atoms with Gasteiger partial charge < -0.3 is 54.2 Å². The molecule has 0 aromatic carbocycles. The Morgan fingerprint density at radius 3 is 2.21 bits per heavy atom. The van der Waals surface area contributed by atoms with Crippen molar-refractivity contribution in [3.63, 3.8) is 0 Å². The topological polar surface area (TPSA) is 206 Å². The normalized spacial score (nSPS) is 35.8. The number of nitrogens with one attached hydrogen (secondary N) is 3. The van der Waals surface area contributed by atoms with E-state index in [1.165, 1.54) is 53.5 Å². The molecule has 4 saturated carbocycles. The first-order valence-corrected chi connectivity index (χ1v) is 28.3. The smallest absolute Gasteiger partial charge is 0.407 e. The van der Waals surface area contributed by atoms with Crippen LogP contribution in [0, 0.1) is 40.4 Å². The summed E-state index contributed by atoms with van der Waals surface area (Å²) in [5.74, 6) is -0.442. The van der Waals surface area contributed by atoms with E-state index < -0.39 is 93.7 Å². The van der Waals surface area contributed by atoms with Gasteiger partial charge in [0.05, 0.1) is 58.5 Å². The molecule has 5 fully saturated rings. The molecule has 3 amide bonds. The SMILES string of the molecule is CCCC1O[C@@H]2CC3[C@@H]4C[C@H](F)C5=CC(=O)C=C[C@]5(C)[C@@]4(F)[C@@H](O)C[C@]3(C)[C@]2(C(=O)COC(=O)NCCSSC(C)(C)CC(=O)NCCOCCOCCOCCNC(=O)OC[C@@H]2[C@@H]3CC/C=C\CC[C@@H]32)O1. The summed E-state index contributed by atoms with van der Waals surface area (Å²) in [5, 5.41) is 20.1. The van der Waals surface area contributed by atoms with Crippen LogP contribution in [0.2, 0.25) is 0 Å². The molecule has 20 heteroatoms. The van der Waals surface area contributed by atoms with E-state index in [1.807, 2.05) is 20.8 Å².